The molecule has 0 aliphatic rings. The maximum Gasteiger partial charge on any atom is 0.273 e. The fraction of sp³-hybridized carbons (Fsp3) is 0.222. The Kier molecular flexibility index (Phi) is 3.24. The Balaban J connectivity index is 2.29. The van der Waals surface area contributed by atoms with Gasteiger partial charge in [-0.3, -0.25) is 14.7 Å². The third-order valence-electron chi connectivity index (χ3n) is 4.14. The normalized spacial score (nSPS) is 11.8. The first-order valence-corrected chi connectivity index (χ1v) is 7.23. The van der Waals surface area contributed by atoms with E-state index in [1.54, 1.807) is 24.3 Å². The lowest BCUT2D eigenvalue weighted by Crippen LogP contribution is -2.42. The number of nitrogens with one attached hydrogen (secondary N) is 1. The number of aromatic amines is 1. The number of nitrogens with zero attached hydrogens (tertiary/aromatic N) is 1. The number of benzene rings is 2. The van der Waals surface area contributed by atoms with E-state index in [4.69, 9.17) is 0 Å². The molecule has 0 unspecified atom stereocenters. The van der Waals surface area contributed by atoms with Crippen LogP contribution in [0.5, 0.6) is 0 Å². The van der Waals surface area contributed by atoms with E-state index in [0.717, 1.165) is 11.1 Å². The van der Waals surface area contributed by atoms with E-state index in [-0.39, 0.29) is 11.1 Å². The molecule has 3 rings (SSSR count). The molecule has 0 saturated heterocycles. The van der Waals surface area contributed by atoms with E-state index in [1.807, 2.05) is 45.0 Å². The first kappa shape index (κ1) is 14.3. The molecule has 0 aliphatic carbocycles. The predicted molar refractivity (Wildman–Crippen MR) is 88.4 cm³/mol. The Labute approximate surface area is 128 Å². The second-order valence-electron chi connectivity index (χ2n) is 6.05. The molecule has 112 valence electrons. The Morgan fingerprint density at radius 3 is 2.14 bits per heavy atom. The molecule has 2 aromatic carbocycles. The Hall–Kier alpha value is -2.62. The zero-order valence-electron chi connectivity index (χ0n) is 12.9. The van der Waals surface area contributed by atoms with Gasteiger partial charge in [0.2, 0.25) is 0 Å². The van der Waals surface area contributed by atoms with E-state index in [2.05, 4.69) is 5.10 Å². The maximum absolute atomic E-state index is 12.8. The molecule has 1 N–H and O–H groups in total. The van der Waals surface area contributed by atoms with Crippen LogP contribution in [0.2, 0.25) is 0 Å². The Morgan fingerprint density at radius 2 is 1.50 bits per heavy atom. The van der Waals surface area contributed by atoms with Crippen molar-refractivity contribution in [2.75, 3.05) is 0 Å². The second kappa shape index (κ2) is 4.98. The monoisotopic (exact) mass is 294 g/mol. The Bertz CT molecular complexity index is 947. The van der Waals surface area contributed by atoms with Crippen LogP contribution < -0.4 is 11.1 Å². The van der Waals surface area contributed by atoms with Crippen molar-refractivity contribution < 1.29 is 0 Å². The molecule has 1 aromatic heterocycles. The number of aromatic nitrogens is 2. The van der Waals surface area contributed by atoms with Crippen molar-refractivity contribution in [3.8, 4) is 0 Å². The zero-order chi connectivity index (χ0) is 15.9. The second-order valence-corrected chi connectivity index (χ2v) is 6.05. The van der Waals surface area contributed by atoms with E-state index >= 15 is 0 Å². The summed E-state index contributed by atoms with van der Waals surface area (Å²) >= 11 is 0. The minimum atomic E-state index is -0.645. The molecule has 0 aliphatic heterocycles. The summed E-state index contributed by atoms with van der Waals surface area (Å²) in [7, 11) is 0. The van der Waals surface area contributed by atoms with E-state index in [0.29, 0.717) is 10.8 Å². The molecular formula is C18H18N2O2. The summed E-state index contributed by atoms with van der Waals surface area (Å²) < 4.78 is 1.42. The topological polar surface area (TPSA) is 54.9 Å². The van der Waals surface area contributed by atoms with Crippen LogP contribution >= 0.6 is 0 Å². The van der Waals surface area contributed by atoms with Gasteiger partial charge in [-0.1, -0.05) is 42.0 Å². The van der Waals surface area contributed by atoms with Crippen molar-refractivity contribution in [3.05, 3.63) is 80.4 Å². The van der Waals surface area contributed by atoms with Crippen LogP contribution in [-0.2, 0) is 5.54 Å². The van der Waals surface area contributed by atoms with Crippen molar-refractivity contribution in [1.29, 1.82) is 0 Å². The van der Waals surface area contributed by atoms with Crippen molar-refractivity contribution >= 4 is 10.8 Å². The molecule has 1 heterocycles. The maximum atomic E-state index is 12.8. The smallest absolute Gasteiger partial charge is 0.267 e. The largest absolute Gasteiger partial charge is 0.273 e. The minimum Gasteiger partial charge on any atom is -0.267 e. The average Bonchev–Trinajstić information content (AvgIpc) is 2.51. The van der Waals surface area contributed by atoms with Crippen LogP contribution in [0, 0.1) is 6.92 Å². The lowest BCUT2D eigenvalue weighted by atomic mass is 9.93. The van der Waals surface area contributed by atoms with Gasteiger partial charge in [-0.05, 0) is 38.5 Å². The molecule has 0 radical (unpaired) electrons. The zero-order valence-corrected chi connectivity index (χ0v) is 12.9. The van der Waals surface area contributed by atoms with Gasteiger partial charge in [0.15, 0.2) is 0 Å². The number of hydrogen-bond donors (Lipinski definition) is 1. The van der Waals surface area contributed by atoms with Gasteiger partial charge in [-0.2, -0.15) is 0 Å². The van der Waals surface area contributed by atoms with Crippen molar-refractivity contribution in [2.45, 2.75) is 26.3 Å². The van der Waals surface area contributed by atoms with E-state index < -0.39 is 5.54 Å². The first-order chi connectivity index (χ1) is 10.4. The highest BCUT2D eigenvalue weighted by atomic mass is 16.2. The van der Waals surface area contributed by atoms with Gasteiger partial charge in [0.25, 0.3) is 11.1 Å². The quantitative estimate of drug-likeness (QED) is 0.790. The molecule has 0 saturated carbocycles. The highest BCUT2D eigenvalue weighted by Gasteiger charge is 2.25. The van der Waals surface area contributed by atoms with Crippen LogP contribution in [0.25, 0.3) is 10.8 Å². The first-order valence-electron chi connectivity index (χ1n) is 7.23. The van der Waals surface area contributed by atoms with Gasteiger partial charge in [-0.15, -0.1) is 0 Å². The summed E-state index contributed by atoms with van der Waals surface area (Å²) in [6.45, 7) is 5.86. The van der Waals surface area contributed by atoms with Crippen molar-refractivity contribution in [1.82, 2.24) is 9.78 Å². The molecule has 0 fully saturated rings. The van der Waals surface area contributed by atoms with Crippen LogP contribution in [0.4, 0.5) is 0 Å². The summed E-state index contributed by atoms with van der Waals surface area (Å²) in [5.74, 6) is 0. The summed E-state index contributed by atoms with van der Waals surface area (Å²) in [5.41, 5.74) is 1.02. The average molecular weight is 294 g/mol. The molecule has 4 nitrogen and oxygen atoms in total. The van der Waals surface area contributed by atoms with Gasteiger partial charge in [0, 0.05) is 0 Å². The molecular weight excluding hydrogens is 276 g/mol. The molecule has 22 heavy (non-hydrogen) atoms. The molecule has 4 heteroatoms. The van der Waals surface area contributed by atoms with Crippen LogP contribution in [0.3, 0.4) is 0 Å². The fourth-order valence-electron chi connectivity index (χ4n) is 2.68. The molecule has 0 spiro atoms. The van der Waals surface area contributed by atoms with Gasteiger partial charge >= 0.3 is 0 Å². The number of fused-ring (bicyclic) bond motifs is 1. The Morgan fingerprint density at radius 1 is 0.909 bits per heavy atom. The minimum absolute atomic E-state index is 0.194. The van der Waals surface area contributed by atoms with Gasteiger partial charge in [0.05, 0.1) is 16.3 Å². The highest BCUT2D eigenvalue weighted by Crippen LogP contribution is 2.23. The molecule has 0 atom stereocenters. The third kappa shape index (κ3) is 2.17. The number of hydrogen-bond acceptors (Lipinski definition) is 2. The van der Waals surface area contributed by atoms with E-state index in [9.17, 15) is 9.59 Å². The highest BCUT2D eigenvalue weighted by molar-refractivity contribution is 5.80. The van der Waals surface area contributed by atoms with Gasteiger partial charge in [0.1, 0.15) is 0 Å². The van der Waals surface area contributed by atoms with Gasteiger partial charge < -0.3 is 0 Å². The van der Waals surface area contributed by atoms with Crippen LogP contribution in [0.15, 0.2) is 58.1 Å². The molecule has 0 amide bonds. The summed E-state index contributed by atoms with van der Waals surface area (Å²) in [4.78, 5) is 25.0. The SMILES string of the molecule is Cc1ccc(C(C)(C)n2[nH]c(=O)c3ccccc3c2=O)cc1. The fourth-order valence-corrected chi connectivity index (χ4v) is 2.68. The predicted octanol–water partition coefficient (Wildman–Crippen LogP) is 2.78. The lowest BCUT2D eigenvalue weighted by Gasteiger charge is -2.28. The van der Waals surface area contributed by atoms with Gasteiger partial charge in [-0.25, -0.2) is 4.68 Å². The third-order valence-corrected chi connectivity index (χ3v) is 4.14. The van der Waals surface area contributed by atoms with Crippen molar-refractivity contribution in [2.24, 2.45) is 0 Å². The van der Waals surface area contributed by atoms with Crippen LogP contribution in [-0.4, -0.2) is 9.78 Å². The summed E-state index contributed by atoms with van der Waals surface area (Å²) in [5, 5.41) is 3.58. The standard InChI is InChI=1S/C18H18N2O2/c1-12-8-10-13(11-9-12)18(2,3)20-17(22)15-7-5-4-6-14(15)16(21)19-20/h4-11H,1-3H3,(H,19,21). The number of H-pyrrole nitrogens is 1. The number of aryl methyl sites for hydroxylation is 1. The summed E-state index contributed by atoms with van der Waals surface area (Å²) in [6.07, 6.45) is 0. The molecule has 0 bridgehead atoms. The number of rotatable bonds is 2. The summed E-state index contributed by atoms with van der Waals surface area (Å²) in [6, 6.07) is 14.8. The lowest BCUT2D eigenvalue weighted by molar-refractivity contribution is 0.370. The van der Waals surface area contributed by atoms with Crippen molar-refractivity contribution in [3.63, 3.8) is 0 Å². The molecule has 3 aromatic rings. The van der Waals surface area contributed by atoms with E-state index in [1.165, 1.54) is 4.68 Å². The van der Waals surface area contributed by atoms with Crippen LogP contribution in [0.1, 0.15) is 25.0 Å².